The number of carbonyl (C=O) groups excluding carboxylic acids is 1. The summed E-state index contributed by atoms with van der Waals surface area (Å²) in [6.07, 6.45) is 3.37. The van der Waals surface area contributed by atoms with Gasteiger partial charge < -0.3 is 15.2 Å². The summed E-state index contributed by atoms with van der Waals surface area (Å²) < 4.78 is 5.03. The van der Waals surface area contributed by atoms with E-state index in [-0.39, 0.29) is 0 Å². The summed E-state index contributed by atoms with van der Waals surface area (Å²) in [5.41, 5.74) is -1.86. The first-order valence-corrected chi connectivity index (χ1v) is 5.15. The second kappa shape index (κ2) is 4.15. The van der Waals surface area contributed by atoms with Crippen molar-refractivity contribution in [3.8, 4) is 0 Å². The summed E-state index contributed by atoms with van der Waals surface area (Å²) in [4.78, 5) is 22.6. The number of hydrogen-bond acceptors (Lipinski definition) is 3. The van der Waals surface area contributed by atoms with Crippen molar-refractivity contribution in [1.29, 1.82) is 0 Å². The highest BCUT2D eigenvalue weighted by Gasteiger charge is 2.41. The molecule has 5 heteroatoms. The topological polar surface area (TPSA) is 75.6 Å². The van der Waals surface area contributed by atoms with Crippen molar-refractivity contribution in [3.63, 3.8) is 0 Å². The van der Waals surface area contributed by atoms with E-state index in [4.69, 9.17) is 9.84 Å². The molecule has 0 bridgehead atoms. The zero-order valence-corrected chi connectivity index (χ0v) is 9.74. The van der Waals surface area contributed by atoms with E-state index in [0.29, 0.717) is 12.8 Å². The van der Waals surface area contributed by atoms with E-state index in [2.05, 4.69) is 5.32 Å². The number of ether oxygens (including phenoxy) is 1. The minimum absolute atomic E-state index is 0.293. The number of rotatable bonds is 2. The van der Waals surface area contributed by atoms with Crippen LogP contribution in [0.4, 0.5) is 4.79 Å². The van der Waals surface area contributed by atoms with E-state index in [0.717, 1.165) is 0 Å². The highest BCUT2D eigenvalue weighted by molar-refractivity contribution is 5.85. The largest absolute Gasteiger partial charge is 0.479 e. The van der Waals surface area contributed by atoms with E-state index in [9.17, 15) is 9.59 Å². The van der Waals surface area contributed by atoms with Crippen LogP contribution in [0.2, 0.25) is 0 Å². The molecule has 0 aliphatic heterocycles. The number of nitrogens with one attached hydrogen (secondary N) is 1. The smallest absolute Gasteiger partial charge is 0.408 e. The summed E-state index contributed by atoms with van der Waals surface area (Å²) >= 11 is 0. The Morgan fingerprint density at radius 3 is 2.19 bits per heavy atom. The zero-order valence-electron chi connectivity index (χ0n) is 9.74. The second-order valence-corrected chi connectivity index (χ2v) is 4.89. The van der Waals surface area contributed by atoms with Gasteiger partial charge in [-0.3, -0.25) is 0 Å². The fourth-order valence-electron chi connectivity index (χ4n) is 1.48. The zero-order chi connectivity index (χ0) is 12.4. The maximum Gasteiger partial charge on any atom is 0.408 e. The van der Waals surface area contributed by atoms with Crippen LogP contribution >= 0.6 is 0 Å². The number of amides is 1. The Labute approximate surface area is 94.5 Å². The van der Waals surface area contributed by atoms with E-state index >= 15 is 0 Å². The molecule has 1 aliphatic carbocycles. The number of hydrogen-bond donors (Lipinski definition) is 2. The molecule has 0 fully saturated rings. The van der Waals surface area contributed by atoms with Crippen LogP contribution in [0.5, 0.6) is 0 Å². The van der Waals surface area contributed by atoms with Gasteiger partial charge in [-0.1, -0.05) is 12.2 Å². The van der Waals surface area contributed by atoms with Gasteiger partial charge in [0.25, 0.3) is 0 Å². The third-order valence-electron chi connectivity index (χ3n) is 2.25. The fraction of sp³-hybridized carbons (Fsp3) is 0.636. The van der Waals surface area contributed by atoms with Crippen LogP contribution in [0, 0.1) is 0 Å². The summed E-state index contributed by atoms with van der Waals surface area (Å²) in [6.45, 7) is 5.19. The molecule has 0 spiro atoms. The molecule has 0 aromatic carbocycles. The van der Waals surface area contributed by atoms with Crippen molar-refractivity contribution in [2.45, 2.75) is 44.8 Å². The van der Waals surface area contributed by atoms with Gasteiger partial charge in [0.15, 0.2) is 0 Å². The van der Waals surface area contributed by atoms with Crippen LogP contribution < -0.4 is 5.32 Å². The maximum absolute atomic E-state index is 11.5. The Morgan fingerprint density at radius 1 is 1.31 bits per heavy atom. The Morgan fingerprint density at radius 2 is 1.81 bits per heavy atom. The number of carboxylic acids is 1. The van der Waals surface area contributed by atoms with Gasteiger partial charge in [-0.2, -0.15) is 0 Å². The number of alkyl carbamates (subject to hydrolysis) is 1. The number of carboxylic acid groups (broad SMARTS) is 1. The summed E-state index contributed by atoms with van der Waals surface area (Å²) in [6, 6.07) is 0. The molecule has 16 heavy (non-hydrogen) atoms. The molecular formula is C11H17NO4. The quantitative estimate of drug-likeness (QED) is 0.704. The first-order valence-electron chi connectivity index (χ1n) is 5.15. The Balaban J connectivity index is 2.64. The van der Waals surface area contributed by atoms with E-state index in [1.807, 2.05) is 0 Å². The van der Waals surface area contributed by atoms with Crippen LogP contribution in [-0.4, -0.2) is 28.3 Å². The molecule has 0 heterocycles. The van der Waals surface area contributed by atoms with Gasteiger partial charge in [0, 0.05) is 0 Å². The molecule has 0 aromatic rings. The molecule has 2 N–H and O–H groups in total. The lowest BCUT2D eigenvalue weighted by molar-refractivity contribution is -0.144. The lowest BCUT2D eigenvalue weighted by Gasteiger charge is -2.27. The first kappa shape index (κ1) is 12.5. The number of carbonyl (C=O) groups is 2. The first-order chi connectivity index (χ1) is 7.25. The van der Waals surface area contributed by atoms with Crippen molar-refractivity contribution in [2.75, 3.05) is 0 Å². The summed E-state index contributed by atoms with van der Waals surface area (Å²) in [5.74, 6) is -1.04. The second-order valence-electron chi connectivity index (χ2n) is 4.89. The van der Waals surface area contributed by atoms with Crippen LogP contribution in [-0.2, 0) is 9.53 Å². The lowest BCUT2D eigenvalue weighted by atomic mass is 9.97. The summed E-state index contributed by atoms with van der Waals surface area (Å²) in [7, 11) is 0. The molecule has 1 amide bonds. The van der Waals surface area contributed by atoms with E-state index in [1.165, 1.54) is 0 Å². The van der Waals surface area contributed by atoms with E-state index < -0.39 is 23.2 Å². The molecule has 0 saturated heterocycles. The molecule has 0 radical (unpaired) electrons. The van der Waals surface area contributed by atoms with Gasteiger partial charge in [0.2, 0.25) is 0 Å². The van der Waals surface area contributed by atoms with Gasteiger partial charge in [-0.15, -0.1) is 0 Å². The standard InChI is InChI=1S/C11H17NO4/c1-10(2,3)16-9(15)12-11(8(13)14)6-4-5-7-11/h4-5H,6-7H2,1-3H3,(H,12,15)(H,13,14). The van der Waals surface area contributed by atoms with Gasteiger partial charge in [0.1, 0.15) is 11.1 Å². The van der Waals surface area contributed by atoms with Crippen LogP contribution in [0.15, 0.2) is 12.2 Å². The molecule has 0 atom stereocenters. The maximum atomic E-state index is 11.5. The van der Waals surface area contributed by atoms with E-state index in [1.54, 1.807) is 32.9 Å². The third kappa shape index (κ3) is 2.98. The molecule has 1 rings (SSSR count). The van der Waals surface area contributed by atoms with Crippen LogP contribution in [0.25, 0.3) is 0 Å². The molecule has 90 valence electrons. The van der Waals surface area contributed by atoms with Crippen molar-refractivity contribution in [1.82, 2.24) is 5.32 Å². The van der Waals surface area contributed by atoms with Crippen LogP contribution in [0.1, 0.15) is 33.6 Å². The highest BCUT2D eigenvalue weighted by Crippen LogP contribution is 2.24. The molecule has 0 aromatic heterocycles. The Bertz CT molecular complexity index is 319. The predicted molar refractivity (Wildman–Crippen MR) is 58.1 cm³/mol. The average molecular weight is 227 g/mol. The normalized spacial score (nSPS) is 18.2. The Kier molecular flexibility index (Phi) is 3.26. The minimum atomic E-state index is -1.23. The van der Waals surface area contributed by atoms with Crippen molar-refractivity contribution < 1.29 is 19.4 Å². The minimum Gasteiger partial charge on any atom is -0.479 e. The van der Waals surface area contributed by atoms with Crippen molar-refractivity contribution in [2.24, 2.45) is 0 Å². The number of aliphatic carboxylic acids is 1. The molecular weight excluding hydrogens is 210 g/mol. The van der Waals surface area contributed by atoms with Gasteiger partial charge in [-0.05, 0) is 33.6 Å². The fourth-order valence-corrected chi connectivity index (χ4v) is 1.48. The third-order valence-corrected chi connectivity index (χ3v) is 2.25. The molecule has 1 aliphatic rings. The van der Waals surface area contributed by atoms with Crippen molar-refractivity contribution >= 4 is 12.1 Å². The highest BCUT2D eigenvalue weighted by atomic mass is 16.6. The average Bonchev–Trinajstić information content (AvgIpc) is 2.49. The molecule has 0 saturated carbocycles. The Hall–Kier alpha value is -1.52. The lowest BCUT2D eigenvalue weighted by Crippen LogP contribution is -2.53. The van der Waals surface area contributed by atoms with Crippen LogP contribution in [0.3, 0.4) is 0 Å². The van der Waals surface area contributed by atoms with Gasteiger partial charge in [0.05, 0.1) is 0 Å². The monoisotopic (exact) mass is 227 g/mol. The SMILES string of the molecule is CC(C)(C)OC(=O)NC1(C(=O)O)CC=CC1. The summed E-state index contributed by atoms with van der Waals surface area (Å²) in [5, 5.41) is 11.5. The molecule has 5 nitrogen and oxygen atoms in total. The van der Waals surface area contributed by atoms with Crippen molar-refractivity contribution in [3.05, 3.63) is 12.2 Å². The predicted octanol–water partition coefficient (Wildman–Crippen LogP) is 1.68. The molecule has 0 unspecified atom stereocenters. The van der Waals surface area contributed by atoms with Gasteiger partial charge >= 0.3 is 12.1 Å². The van der Waals surface area contributed by atoms with Gasteiger partial charge in [-0.25, -0.2) is 9.59 Å².